The zero-order valence-corrected chi connectivity index (χ0v) is 13.6. The Morgan fingerprint density at radius 2 is 1.64 bits per heavy atom. The molecule has 0 unspecified atom stereocenters. The van der Waals surface area contributed by atoms with E-state index in [4.69, 9.17) is 4.74 Å². The van der Waals surface area contributed by atoms with Gasteiger partial charge in [0, 0.05) is 23.8 Å². The van der Waals surface area contributed by atoms with Gasteiger partial charge in [0.25, 0.3) is 0 Å². The minimum atomic E-state index is -0.0337. The smallest absolute Gasteiger partial charge is 0.234 e. The van der Waals surface area contributed by atoms with Gasteiger partial charge in [0.15, 0.2) is 5.43 Å². The molecular weight excluding hydrogens is 314 g/mol. The van der Waals surface area contributed by atoms with Gasteiger partial charge in [0.1, 0.15) is 5.75 Å². The van der Waals surface area contributed by atoms with E-state index >= 15 is 0 Å². The Balaban J connectivity index is 2.07. The molecule has 0 atom stereocenters. The van der Waals surface area contributed by atoms with E-state index in [9.17, 15) is 4.79 Å². The van der Waals surface area contributed by atoms with Crippen LogP contribution in [0.3, 0.4) is 0 Å². The second-order valence-electron chi connectivity index (χ2n) is 5.52. The molecule has 0 radical (unpaired) electrons. The van der Waals surface area contributed by atoms with Crippen LogP contribution in [0.5, 0.6) is 5.75 Å². The zero-order chi connectivity index (χ0) is 17.2. The number of rotatable bonds is 3. The fourth-order valence-electron chi connectivity index (χ4n) is 2.87. The number of hydrogen-bond donors (Lipinski definition) is 0. The first-order valence-electron chi connectivity index (χ1n) is 7.84. The maximum absolute atomic E-state index is 12.6. The van der Waals surface area contributed by atoms with E-state index in [-0.39, 0.29) is 5.43 Å². The van der Waals surface area contributed by atoms with Gasteiger partial charge in [-0.2, -0.15) is 0 Å². The fourth-order valence-corrected chi connectivity index (χ4v) is 2.87. The van der Waals surface area contributed by atoms with Crippen LogP contribution in [-0.4, -0.2) is 21.6 Å². The average molecular weight is 329 g/mol. The molecule has 0 N–H and O–H groups in total. The molecule has 2 aromatic heterocycles. The maximum atomic E-state index is 12.6. The van der Waals surface area contributed by atoms with Crippen LogP contribution < -0.4 is 10.2 Å². The molecule has 0 aliphatic heterocycles. The average Bonchev–Trinajstić information content (AvgIpc) is 2.69. The Hall–Kier alpha value is -3.47. The molecule has 0 saturated heterocycles. The lowest BCUT2D eigenvalue weighted by Crippen LogP contribution is -2.12. The minimum absolute atomic E-state index is 0.0337. The summed E-state index contributed by atoms with van der Waals surface area (Å²) in [6.45, 7) is 0. The standard InChI is InChI=1S/C20H15N3O2/c1-25-15-9-7-14(8-10-15)18-13-19(24)16-5-2-3-6-17(16)23(18)20-21-11-4-12-22-20/h2-13H,1H3. The molecule has 0 aliphatic carbocycles. The SMILES string of the molecule is COc1ccc(-c2cc(=O)c3ccccc3n2-c2ncccn2)cc1. The molecule has 0 amide bonds. The summed E-state index contributed by atoms with van der Waals surface area (Å²) >= 11 is 0. The third-order valence-corrected chi connectivity index (χ3v) is 4.06. The Bertz CT molecular complexity index is 1090. The molecule has 0 aliphatic rings. The van der Waals surface area contributed by atoms with E-state index in [0.717, 1.165) is 22.5 Å². The molecular formula is C20H15N3O2. The van der Waals surface area contributed by atoms with E-state index in [1.165, 1.54) is 0 Å². The summed E-state index contributed by atoms with van der Waals surface area (Å²) in [5.41, 5.74) is 2.36. The van der Waals surface area contributed by atoms with Gasteiger partial charge in [0.2, 0.25) is 5.95 Å². The predicted molar refractivity (Wildman–Crippen MR) is 97.1 cm³/mol. The molecule has 4 rings (SSSR count). The molecule has 0 bridgehead atoms. The molecule has 0 saturated carbocycles. The van der Waals surface area contributed by atoms with Gasteiger partial charge in [-0.05, 0) is 48.0 Å². The molecule has 122 valence electrons. The molecule has 5 heteroatoms. The van der Waals surface area contributed by atoms with Crippen molar-refractivity contribution < 1.29 is 4.74 Å². The van der Waals surface area contributed by atoms with Crippen molar-refractivity contribution in [2.24, 2.45) is 0 Å². The van der Waals surface area contributed by atoms with Crippen LogP contribution in [0.15, 0.2) is 77.9 Å². The summed E-state index contributed by atoms with van der Waals surface area (Å²) in [5, 5.41) is 0.632. The minimum Gasteiger partial charge on any atom is -0.497 e. The normalized spacial score (nSPS) is 10.8. The molecule has 4 aromatic rings. The summed E-state index contributed by atoms with van der Waals surface area (Å²) in [5.74, 6) is 1.28. The van der Waals surface area contributed by atoms with Gasteiger partial charge in [-0.1, -0.05) is 12.1 Å². The van der Waals surface area contributed by atoms with Crippen molar-refractivity contribution in [2.75, 3.05) is 7.11 Å². The summed E-state index contributed by atoms with van der Waals surface area (Å²) in [7, 11) is 1.62. The highest BCUT2D eigenvalue weighted by Crippen LogP contribution is 2.26. The Labute approximate surface area is 144 Å². The van der Waals surface area contributed by atoms with E-state index < -0.39 is 0 Å². The van der Waals surface area contributed by atoms with Crippen molar-refractivity contribution in [3.05, 3.63) is 83.3 Å². The summed E-state index contributed by atoms with van der Waals surface area (Å²) in [6, 6.07) is 18.4. The second-order valence-corrected chi connectivity index (χ2v) is 5.52. The molecule has 25 heavy (non-hydrogen) atoms. The Kier molecular flexibility index (Phi) is 3.74. The third kappa shape index (κ3) is 2.65. The quantitative estimate of drug-likeness (QED) is 0.577. The fraction of sp³-hybridized carbons (Fsp3) is 0.0500. The molecule has 5 nitrogen and oxygen atoms in total. The maximum Gasteiger partial charge on any atom is 0.234 e. The van der Waals surface area contributed by atoms with Crippen molar-refractivity contribution >= 4 is 10.9 Å². The summed E-state index contributed by atoms with van der Waals surface area (Å²) in [4.78, 5) is 21.3. The first kappa shape index (κ1) is 15.1. The summed E-state index contributed by atoms with van der Waals surface area (Å²) < 4.78 is 7.12. The molecule has 2 heterocycles. The van der Waals surface area contributed by atoms with Crippen molar-refractivity contribution in [1.29, 1.82) is 0 Å². The highest BCUT2D eigenvalue weighted by Gasteiger charge is 2.14. The topological polar surface area (TPSA) is 57.0 Å². The van der Waals surface area contributed by atoms with Gasteiger partial charge >= 0.3 is 0 Å². The number of benzene rings is 2. The van der Waals surface area contributed by atoms with E-state index in [1.807, 2.05) is 53.1 Å². The van der Waals surface area contributed by atoms with E-state index in [0.29, 0.717) is 11.3 Å². The number of para-hydroxylation sites is 1. The zero-order valence-electron chi connectivity index (χ0n) is 13.6. The number of hydrogen-bond acceptors (Lipinski definition) is 4. The number of fused-ring (bicyclic) bond motifs is 1. The lowest BCUT2D eigenvalue weighted by Gasteiger charge is -2.15. The number of aromatic nitrogens is 3. The molecule has 0 spiro atoms. The van der Waals surface area contributed by atoms with Crippen LogP contribution in [0.25, 0.3) is 28.1 Å². The summed E-state index contributed by atoms with van der Waals surface area (Å²) in [6.07, 6.45) is 3.38. The predicted octanol–water partition coefficient (Wildman–Crippen LogP) is 3.46. The lowest BCUT2D eigenvalue weighted by atomic mass is 10.1. The van der Waals surface area contributed by atoms with Crippen molar-refractivity contribution in [3.8, 4) is 23.0 Å². The van der Waals surface area contributed by atoms with Crippen LogP contribution in [-0.2, 0) is 0 Å². The monoisotopic (exact) mass is 329 g/mol. The molecule has 2 aromatic carbocycles. The van der Waals surface area contributed by atoms with Gasteiger partial charge in [0.05, 0.1) is 18.3 Å². The van der Waals surface area contributed by atoms with Crippen molar-refractivity contribution in [3.63, 3.8) is 0 Å². The number of pyridine rings is 1. The van der Waals surface area contributed by atoms with Gasteiger partial charge in [-0.3, -0.25) is 9.36 Å². The second kappa shape index (κ2) is 6.20. The van der Waals surface area contributed by atoms with Gasteiger partial charge < -0.3 is 4.74 Å². The largest absolute Gasteiger partial charge is 0.497 e. The third-order valence-electron chi connectivity index (χ3n) is 4.06. The van der Waals surface area contributed by atoms with Crippen molar-refractivity contribution in [1.82, 2.24) is 14.5 Å². The number of methoxy groups -OCH3 is 1. The molecule has 0 fully saturated rings. The van der Waals surface area contributed by atoms with Crippen LogP contribution in [0.1, 0.15) is 0 Å². The van der Waals surface area contributed by atoms with Crippen LogP contribution in [0.2, 0.25) is 0 Å². The first-order valence-corrected chi connectivity index (χ1v) is 7.84. The van der Waals surface area contributed by atoms with Gasteiger partial charge in [-0.25, -0.2) is 9.97 Å². The van der Waals surface area contributed by atoms with Gasteiger partial charge in [-0.15, -0.1) is 0 Å². The van der Waals surface area contributed by atoms with E-state index in [2.05, 4.69) is 9.97 Å². The number of ether oxygens (including phenoxy) is 1. The van der Waals surface area contributed by atoms with Crippen molar-refractivity contribution in [2.45, 2.75) is 0 Å². The number of nitrogens with zero attached hydrogens (tertiary/aromatic N) is 3. The van der Waals surface area contributed by atoms with Crippen LogP contribution in [0, 0.1) is 0 Å². The Morgan fingerprint density at radius 3 is 2.36 bits per heavy atom. The van der Waals surface area contributed by atoms with Crippen LogP contribution >= 0.6 is 0 Å². The lowest BCUT2D eigenvalue weighted by molar-refractivity contribution is 0.415. The van der Waals surface area contributed by atoms with E-state index in [1.54, 1.807) is 31.6 Å². The highest BCUT2D eigenvalue weighted by molar-refractivity contribution is 5.84. The Morgan fingerprint density at radius 1 is 0.920 bits per heavy atom. The highest BCUT2D eigenvalue weighted by atomic mass is 16.5. The first-order chi connectivity index (χ1) is 12.3. The van der Waals surface area contributed by atoms with Crippen LogP contribution in [0.4, 0.5) is 0 Å².